The molecule has 2 fully saturated rings. The Balaban J connectivity index is 1.45. The second kappa shape index (κ2) is 9.48. The van der Waals surface area contributed by atoms with Crippen LogP contribution in [0.2, 0.25) is 0 Å². The number of carbonyl (C=O) groups excluding carboxylic acids is 4. The number of fused-ring (bicyclic) bond motifs is 1. The zero-order valence-electron chi connectivity index (χ0n) is 19.5. The number of sulfone groups is 1. The number of rotatable bonds is 6. The van der Waals surface area contributed by atoms with Gasteiger partial charge in [0.25, 0.3) is 17.7 Å². The molecule has 1 aliphatic carbocycles. The molecule has 1 saturated carbocycles. The SMILES string of the molecule is CCN(C(=O)C(C)OC(=O)c1ccc2c(c1)C(=O)N(C1CCCCC1)C2=O)C1CCS(=O)(=O)C1. The number of carbonyl (C=O) groups is 4. The van der Waals surface area contributed by atoms with Crippen LogP contribution in [-0.4, -0.2) is 78.1 Å². The van der Waals surface area contributed by atoms with Gasteiger partial charge in [-0.2, -0.15) is 0 Å². The van der Waals surface area contributed by atoms with E-state index in [1.54, 1.807) is 6.92 Å². The fourth-order valence-electron chi connectivity index (χ4n) is 5.19. The van der Waals surface area contributed by atoms with Gasteiger partial charge in [0, 0.05) is 18.6 Å². The van der Waals surface area contributed by atoms with E-state index in [0.717, 1.165) is 32.1 Å². The van der Waals surface area contributed by atoms with E-state index in [1.165, 1.54) is 34.9 Å². The summed E-state index contributed by atoms with van der Waals surface area (Å²) in [5, 5.41) is 0. The Labute approximate surface area is 199 Å². The molecule has 9 nitrogen and oxygen atoms in total. The van der Waals surface area contributed by atoms with Crippen molar-refractivity contribution in [3.8, 4) is 0 Å². The molecule has 3 aliphatic rings. The highest BCUT2D eigenvalue weighted by atomic mass is 32.2. The number of esters is 1. The smallest absolute Gasteiger partial charge is 0.338 e. The van der Waals surface area contributed by atoms with Gasteiger partial charge >= 0.3 is 5.97 Å². The minimum Gasteiger partial charge on any atom is -0.449 e. The number of imide groups is 1. The maximum absolute atomic E-state index is 13.0. The van der Waals surface area contributed by atoms with Crippen LogP contribution in [0, 0.1) is 0 Å². The van der Waals surface area contributed by atoms with Crippen LogP contribution in [-0.2, 0) is 19.4 Å². The Morgan fingerprint density at radius 2 is 1.76 bits per heavy atom. The van der Waals surface area contributed by atoms with E-state index in [1.807, 2.05) is 0 Å². The molecule has 1 aromatic carbocycles. The van der Waals surface area contributed by atoms with Crippen molar-refractivity contribution in [3.05, 3.63) is 34.9 Å². The van der Waals surface area contributed by atoms with Crippen molar-refractivity contribution in [2.75, 3.05) is 18.1 Å². The first-order chi connectivity index (χ1) is 16.1. The first kappa shape index (κ1) is 24.4. The molecule has 2 unspecified atom stereocenters. The number of ether oxygens (including phenoxy) is 1. The summed E-state index contributed by atoms with van der Waals surface area (Å²) in [6, 6.07) is 3.70. The van der Waals surface area contributed by atoms with Gasteiger partial charge in [-0.1, -0.05) is 19.3 Å². The Morgan fingerprint density at radius 3 is 2.38 bits per heavy atom. The number of hydrogen-bond donors (Lipinski definition) is 0. The minimum absolute atomic E-state index is 0.0371. The van der Waals surface area contributed by atoms with Crippen molar-refractivity contribution in [1.82, 2.24) is 9.80 Å². The molecule has 184 valence electrons. The molecule has 0 N–H and O–H groups in total. The molecule has 2 atom stereocenters. The lowest BCUT2D eigenvalue weighted by Gasteiger charge is -2.29. The lowest BCUT2D eigenvalue weighted by atomic mass is 9.94. The van der Waals surface area contributed by atoms with Crippen LogP contribution in [0.4, 0.5) is 0 Å². The number of likely N-dealkylation sites (N-methyl/N-ethyl adjacent to an activating group) is 1. The number of nitrogens with zero attached hydrogens (tertiary/aromatic N) is 2. The average Bonchev–Trinajstić information content (AvgIpc) is 3.30. The van der Waals surface area contributed by atoms with E-state index in [2.05, 4.69) is 0 Å². The molecule has 2 heterocycles. The molecule has 1 saturated heterocycles. The van der Waals surface area contributed by atoms with Crippen LogP contribution in [0.5, 0.6) is 0 Å². The summed E-state index contributed by atoms with van der Waals surface area (Å²) in [7, 11) is -3.17. The summed E-state index contributed by atoms with van der Waals surface area (Å²) >= 11 is 0. The summed E-state index contributed by atoms with van der Waals surface area (Å²) in [6.07, 6.45) is 3.86. The molecule has 0 aromatic heterocycles. The van der Waals surface area contributed by atoms with Crippen molar-refractivity contribution in [2.45, 2.75) is 70.6 Å². The maximum atomic E-state index is 13.0. The summed E-state index contributed by atoms with van der Waals surface area (Å²) in [5.41, 5.74) is 0.530. The number of amides is 3. The molecular formula is C24H30N2O7S. The lowest BCUT2D eigenvalue weighted by molar-refractivity contribution is -0.141. The quantitative estimate of drug-likeness (QED) is 0.443. The monoisotopic (exact) mass is 490 g/mol. The molecule has 34 heavy (non-hydrogen) atoms. The third-order valence-corrected chi connectivity index (χ3v) is 8.75. The molecule has 1 aromatic rings. The Hall–Kier alpha value is -2.75. The third kappa shape index (κ3) is 4.60. The van der Waals surface area contributed by atoms with Crippen LogP contribution in [0.25, 0.3) is 0 Å². The van der Waals surface area contributed by atoms with Crippen LogP contribution < -0.4 is 0 Å². The summed E-state index contributed by atoms with van der Waals surface area (Å²) in [5.74, 6) is -2.03. The normalized spacial score (nSPS) is 23.0. The van der Waals surface area contributed by atoms with Crippen molar-refractivity contribution < 1.29 is 32.3 Å². The van der Waals surface area contributed by atoms with E-state index >= 15 is 0 Å². The Morgan fingerprint density at radius 1 is 1.09 bits per heavy atom. The first-order valence-corrected chi connectivity index (χ1v) is 13.7. The summed E-state index contributed by atoms with van der Waals surface area (Å²) in [4.78, 5) is 54.2. The molecule has 4 rings (SSSR count). The fourth-order valence-corrected chi connectivity index (χ4v) is 6.92. The van der Waals surface area contributed by atoms with Crippen LogP contribution in [0.3, 0.4) is 0 Å². The largest absolute Gasteiger partial charge is 0.449 e. The van der Waals surface area contributed by atoms with E-state index in [9.17, 15) is 27.6 Å². The third-order valence-electron chi connectivity index (χ3n) is 7.00. The Kier molecular flexibility index (Phi) is 6.80. The topological polar surface area (TPSA) is 118 Å². The first-order valence-electron chi connectivity index (χ1n) is 11.9. The fraction of sp³-hybridized carbons (Fsp3) is 0.583. The minimum atomic E-state index is -3.17. The van der Waals surface area contributed by atoms with Gasteiger partial charge in [-0.15, -0.1) is 0 Å². The van der Waals surface area contributed by atoms with Gasteiger partial charge in [0.2, 0.25) is 0 Å². The molecule has 0 bridgehead atoms. The highest BCUT2D eigenvalue weighted by molar-refractivity contribution is 7.91. The molecule has 0 radical (unpaired) electrons. The summed E-state index contributed by atoms with van der Waals surface area (Å²) < 4.78 is 29.0. The van der Waals surface area contributed by atoms with E-state index in [-0.39, 0.29) is 40.1 Å². The highest BCUT2D eigenvalue weighted by Gasteiger charge is 2.41. The van der Waals surface area contributed by atoms with Crippen LogP contribution >= 0.6 is 0 Å². The van der Waals surface area contributed by atoms with Gasteiger partial charge in [0.15, 0.2) is 15.9 Å². The molecule has 2 aliphatic heterocycles. The number of benzene rings is 1. The summed E-state index contributed by atoms with van der Waals surface area (Å²) in [6.45, 7) is 3.49. The van der Waals surface area contributed by atoms with E-state index in [4.69, 9.17) is 4.74 Å². The van der Waals surface area contributed by atoms with Crippen molar-refractivity contribution in [1.29, 1.82) is 0 Å². The maximum Gasteiger partial charge on any atom is 0.338 e. The Bertz CT molecular complexity index is 1120. The zero-order chi connectivity index (χ0) is 24.6. The second-order valence-electron chi connectivity index (χ2n) is 9.26. The molecular weight excluding hydrogens is 460 g/mol. The lowest BCUT2D eigenvalue weighted by Crippen LogP contribution is -2.46. The average molecular weight is 491 g/mol. The molecule has 0 spiro atoms. The van der Waals surface area contributed by atoms with Crippen molar-refractivity contribution >= 4 is 33.5 Å². The van der Waals surface area contributed by atoms with E-state index < -0.39 is 39.8 Å². The van der Waals surface area contributed by atoms with Crippen molar-refractivity contribution in [3.63, 3.8) is 0 Å². The standard InChI is InChI=1S/C24H30N2O7S/c1-3-25(18-11-12-34(31,32)14-18)21(27)15(2)33-24(30)16-9-10-19-20(13-16)23(29)26(22(19)28)17-7-5-4-6-8-17/h9-10,13,15,17-18H,3-8,11-12,14H2,1-2H3. The van der Waals surface area contributed by atoms with Gasteiger partial charge in [-0.25, -0.2) is 13.2 Å². The number of hydrogen-bond acceptors (Lipinski definition) is 7. The van der Waals surface area contributed by atoms with Gasteiger partial charge < -0.3 is 9.64 Å². The predicted molar refractivity (Wildman–Crippen MR) is 123 cm³/mol. The molecule has 10 heteroatoms. The van der Waals surface area contributed by atoms with Crippen molar-refractivity contribution in [2.24, 2.45) is 0 Å². The van der Waals surface area contributed by atoms with Gasteiger partial charge in [0.05, 0.1) is 28.2 Å². The highest BCUT2D eigenvalue weighted by Crippen LogP contribution is 2.31. The van der Waals surface area contributed by atoms with Gasteiger partial charge in [-0.3, -0.25) is 19.3 Å². The van der Waals surface area contributed by atoms with Crippen LogP contribution in [0.1, 0.15) is 83.4 Å². The zero-order valence-corrected chi connectivity index (χ0v) is 20.3. The van der Waals surface area contributed by atoms with Gasteiger partial charge in [0.1, 0.15) is 0 Å². The second-order valence-corrected chi connectivity index (χ2v) is 11.5. The van der Waals surface area contributed by atoms with Gasteiger partial charge in [-0.05, 0) is 51.3 Å². The molecule has 3 amide bonds. The van der Waals surface area contributed by atoms with E-state index in [0.29, 0.717) is 13.0 Å². The predicted octanol–water partition coefficient (Wildman–Crippen LogP) is 2.20. The van der Waals surface area contributed by atoms with Crippen LogP contribution in [0.15, 0.2) is 18.2 Å².